The van der Waals surface area contributed by atoms with Gasteiger partial charge in [-0.15, -0.1) is 0 Å². The molecule has 3 aromatic heterocycles. The van der Waals surface area contributed by atoms with Crippen LogP contribution in [0.1, 0.15) is 46.0 Å². The van der Waals surface area contributed by atoms with E-state index in [9.17, 15) is 0 Å². The second-order valence-corrected chi connectivity index (χ2v) is 8.84. The van der Waals surface area contributed by atoms with Crippen LogP contribution in [0.5, 0.6) is 0 Å². The summed E-state index contributed by atoms with van der Waals surface area (Å²) in [5.74, 6) is 0. The van der Waals surface area contributed by atoms with Gasteiger partial charge in [-0.25, -0.2) is 0 Å². The molecule has 1 fully saturated rings. The summed E-state index contributed by atoms with van der Waals surface area (Å²) in [6, 6.07) is 22.5. The number of hydrogen-bond acceptors (Lipinski definition) is 3. The predicted octanol–water partition coefficient (Wildman–Crippen LogP) is 5.37. The summed E-state index contributed by atoms with van der Waals surface area (Å²) in [4.78, 5) is 11.5. The molecule has 2 atom stereocenters. The van der Waals surface area contributed by atoms with Gasteiger partial charge in [0.15, 0.2) is 5.11 Å². The first-order valence-electron chi connectivity index (χ1n) is 11.2. The SMILES string of the molecule is Cc1c([C@@H]2[C@@H](c3ccccn3)NC(=S)N2Cc2ccccn2)c(C)n(-c2ccccc2)c1C. The van der Waals surface area contributed by atoms with Gasteiger partial charge in [0.05, 0.1) is 30.0 Å². The minimum atomic E-state index is -0.0502. The third-order valence-electron chi connectivity index (χ3n) is 6.57. The van der Waals surface area contributed by atoms with Crippen LogP contribution in [-0.4, -0.2) is 24.5 Å². The van der Waals surface area contributed by atoms with Crippen molar-refractivity contribution in [1.29, 1.82) is 0 Å². The Morgan fingerprint density at radius 2 is 1.55 bits per heavy atom. The number of thiocarbonyl (C=S) groups is 1. The van der Waals surface area contributed by atoms with E-state index in [1.165, 1.54) is 28.2 Å². The van der Waals surface area contributed by atoms with Gasteiger partial charge in [0, 0.05) is 35.0 Å². The zero-order valence-electron chi connectivity index (χ0n) is 19.1. The lowest BCUT2D eigenvalue weighted by atomic mass is 9.93. The van der Waals surface area contributed by atoms with Crippen LogP contribution < -0.4 is 5.32 Å². The highest BCUT2D eigenvalue weighted by Gasteiger charge is 2.42. The third-order valence-corrected chi connectivity index (χ3v) is 6.93. The second kappa shape index (κ2) is 8.79. The maximum Gasteiger partial charge on any atom is 0.170 e. The molecule has 5 rings (SSSR count). The molecule has 1 N–H and O–H groups in total. The van der Waals surface area contributed by atoms with Crippen LogP contribution in [0, 0.1) is 20.8 Å². The van der Waals surface area contributed by atoms with E-state index in [1.807, 2.05) is 42.7 Å². The van der Waals surface area contributed by atoms with E-state index in [4.69, 9.17) is 12.2 Å². The Hall–Kier alpha value is -3.51. The standard InChI is InChI=1S/C27H27N5S/c1-18-19(2)32(22-12-5-4-6-13-22)20(3)24(18)26-25(23-14-8-10-16-29-23)30-27(33)31(26)17-21-11-7-9-15-28-21/h4-16,25-26H,17H2,1-3H3,(H,30,33)/t25-,26-/m1/s1. The number of aromatic nitrogens is 3. The van der Waals surface area contributed by atoms with Gasteiger partial charge in [-0.2, -0.15) is 0 Å². The lowest BCUT2D eigenvalue weighted by molar-refractivity contribution is 0.306. The number of para-hydroxylation sites is 1. The molecule has 0 amide bonds. The first-order chi connectivity index (χ1) is 16.1. The Morgan fingerprint density at radius 3 is 2.21 bits per heavy atom. The molecule has 0 aliphatic carbocycles. The van der Waals surface area contributed by atoms with Crippen LogP contribution in [0.4, 0.5) is 0 Å². The Kier molecular flexibility index (Phi) is 5.68. The van der Waals surface area contributed by atoms with Crippen molar-refractivity contribution < 1.29 is 0 Å². The number of nitrogens with zero attached hydrogens (tertiary/aromatic N) is 4. The largest absolute Gasteiger partial charge is 0.352 e. The molecule has 0 bridgehead atoms. The minimum absolute atomic E-state index is 0.00179. The van der Waals surface area contributed by atoms with Crippen LogP contribution in [0.3, 0.4) is 0 Å². The summed E-state index contributed by atoms with van der Waals surface area (Å²) in [7, 11) is 0. The fourth-order valence-corrected chi connectivity index (χ4v) is 5.27. The molecule has 5 nitrogen and oxygen atoms in total. The van der Waals surface area contributed by atoms with Crippen molar-refractivity contribution >= 4 is 17.3 Å². The summed E-state index contributed by atoms with van der Waals surface area (Å²) in [6.07, 6.45) is 3.68. The average Bonchev–Trinajstić information content (AvgIpc) is 3.27. The van der Waals surface area contributed by atoms with Crippen LogP contribution in [0.25, 0.3) is 5.69 Å². The van der Waals surface area contributed by atoms with Gasteiger partial charge in [-0.1, -0.05) is 30.3 Å². The van der Waals surface area contributed by atoms with Gasteiger partial charge in [0.2, 0.25) is 0 Å². The Bertz CT molecular complexity index is 1270. The molecule has 166 valence electrons. The van der Waals surface area contributed by atoms with Crippen molar-refractivity contribution in [3.05, 3.63) is 113 Å². The van der Waals surface area contributed by atoms with Crippen molar-refractivity contribution in [3.63, 3.8) is 0 Å². The van der Waals surface area contributed by atoms with Crippen molar-refractivity contribution in [3.8, 4) is 5.69 Å². The first kappa shape index (κ1) is 21.3. The summed E-state index contributed by atoms with van der Waals surface area (Å²) in [5, 5.41) is 4.30. The van der Waals surface area contributed by atoms with Crippen molar-refractivity contribution in [2.75, 3.05) is 0 Å². The number of benzene rings is 1. The molecule has 0 saturated carbocycles. The fraction of sp³-hybridized carbons (Fsp3) is 0.222. The van der Waals surface area contributed by atoms with Crippen molar-refractivity contribution in [2.45, 2.75) is 39.4 Å². The highest BCUT2D eigenvalue weighted by Crippen LogP contribution is 2.43. The summed E-state index contributed by atoms with van der Waals surface area (Å²) >= 11 is 5.87. The molecule has 0 unspecified atom stereocenters. The molecule has 1 aliphatic heterocycles. The van der Waals surface area contributed by atoms with Crippen molar-refractivity contribution in [2.24, 2.45) is 0 Å². The molecule has 4 aromatic rings. The number of hydrogen-bond donors (Lipinski definition) is 1. The number of nitrogens with one attached hydrogen (secondary N) is 1. The van der Waals surface area contributed by atoms with Gasteiger partial charge < -0.3 is 14.8 Å². The molecule has 0 radical (unpaired) electrons. The molecule has 1 aromatic carbocycles. The van der Waals surface area contributed by atoms with Gasteiger partial charge in [-0.05, 0) is 75.0 Å². The summed E-state index contributed by atoms with van der Waals surface area (Å²) in [6.45, 7) is 7.25. The van der Waals surface area contributed by atoms with Gasteiger partial charge in [0.1, 0.15) is 0 Å². The second-order valence-electron chi connectivity index (χ2n) is 8.46. The quantitative estimate of drug-likeness (QED) is 0.412. The van der Waals surface area contributed by atoms with Crippen molar-refractivity contribution in [1.82, 2.24) is 24.8 Å². The highest BCUT2D eigenvalue weighted by atomic mass is 32.1. The van der Waals surface area contributed by atoms with E-state index in [2.05, 4.69) is 81.9 Å². The van der Waals surface area contributed by atoms with Crippen LogP contribution >= 0.6 is 12.2 Å². The maximum atomic E-state index is 5.87. The lowest BCUT2D eigenvalue weighted by Crippen LogP contribution is -2.30. The van der Waals surface area contributed by atoms with Crippen LogP contribution in [0.2, 0.25) is 0 Å². The molecule has 6 heteroatoms. The van der Waals surface area contributed by atoms with E-state index >= 15 is 0 Å². The molecule has 1 saturated heterocycles. The van der Waals surface area contributed by atoms with E-state index < -0.39 is 0 Å². The molecule has 0 spiro atoms. The maximum absolute atomic E-state index is 5.87. The molecular weight excluding hydrogens is 426 g/mol. The smallest absolute Gasteiger partial charge is 0.170 e. The summed E-state index contributed by atoms with van der Waals surface area (Å²) in [5.41, 5.74) is 8.17. The van der Waals surface area contributed by atoms with Crippen LogP contribution in [0.15, 0.2) is 79.1 Å². The normalized spacial score (nSPS) is 17.9. The zero-order chi connectivity index (χ0) is 22.9. The van der Waals surface area contributed by atoms with E-state index in [0.717, 1.165) is 16.5 Å². The predicted molar refractivity (Wildman–Crippen MR) is 135 cm³/mol. The van der Waals surface area contributed by atoms with Gasteiger partial charge in [0.25, 0.3) is 0 Å². The summed E-state index contributed by atoms with van der Waals surface area (Å²) < 4.78 is 2.35. The molecular formula is C27H27N5S. The topological polar surface area (TPSA) is 46.0 Å². The van der Waals surface area contributed by atoms with E-state index in [0.29, 0.717) is 6.54 Å². The zero-order valence-corrected chi connectivity index (χ0v) is 19.9. The Balaban J connectivity index is 1.67. The average molecular weight is 454 g/mol. The Labute approximate surface area is 200 Å². The fourth-order valence-electron chi connectivity index (χ4n) is 4.96. The minimum Gasteiger partial charge on any atom is -0.352 e. The molecule has 4 heterocycles. The number of pyridine rings is 2. The highest BCUT2D eigenvalue weighted by molar-refractivity contribution is 7.80. The van der Waals surface area contributed by atoms with E-state index in [1.54, 1.807) is 0 Å². The van der Waals surface area contributed by atoms with Gasteiger partial charge >= 0.3 is 0 Å². The van der Waals surface area contributed by atoms with Gasteiger partial charge in [-0.3, -0.25) is 9.97 Å². The molecule has 33 heavy (non-hydrogen) atoms. The lowest BCUT2D eigenvalue weighted by Gasteiger charge is -2.28. The first-order valence-corrected chi connectivity index (χ1v) is 11.6. The van der Waals surface area contributed by atoms with E-state index in [-0.39, 0.29) is 12.1 Å². The molecule has 1 aliphatic rings. The monoisotopic (exact) mass is 453 g/mol. The van der Waals surface area contributed by atoms with Crippen LogP contribution in [-0.2, 0) is 6.54 Å². The third kappa shape index (κ3) is 3.80. The number of rotatable bonds is 5. The Morgan fingerprint density at radius 1 is 0.848 bits per heavy atom.